The summed E-state index contributed by atoms with van der Waals surface area (Å²) in [5.74, 6) is 0.110. The second kappa shape index (κ2) is 9.25. The number of nitrogens with one attached hydrogen (secondary N) is 1. The van der Waals surface area contributed by atoms with Crippen molar-refractivity contribution in [3.8, 4) is 5.75 Å². The van der Waals surface area contributed by atoms with Gasteiger partial charge in [-0.2, -0.15) is 0 Å². The molecule has 0 bridgehead atoms. The number of nitrogens with zero attached hydrogens (tertiary/aromatic N) is 1. The molecular weight excluding hydrogens is 352 g/mol. The summed E-state index contributed by atoms with van der Waals surface area (Å²) in [7, 11) is 1.54. The molecule has 0 fully saturated rings. The largest absolute Gasteiger partial charge is 0.495 e. The second-order valence-electron chi connectivity index (χ2n) is 6.01. The molecular formula is C20H23ClN2O3. The fraction of sp³-hybridized carbons (Fsp3) is 0.300. The molecule has 2 amide bonds. The Morgan fingerprint density at radius 1 is 1.15 bits per heavy atom. The lowest BCUT2D eigenvalue weighted by atomic mass is 10.1. The first-order valence-corrected chi connectivity index (χ1v) is 8.72. The summed E-state index contributed by atoms with van der Waals surface area (Å²) in [6.45, 7) is 3.78. The summed E-state index contributed by atoms with van der Waals surface area (Å²) in [6, 6.07) is 13.0. The van der Waals surface area contributed by atoms with Crippen molar-refractivity contribution in [1.82, 2.24) is 5.32 Å². The van der Waals surface area contributed by atoms with Crippen molar-refractivity contribution in [2.24, 2.45) is 0 Å². The number of aryl methyl sites for hydroxylation is 1. The molecule has 138 valence electrons. The summed E-state index contributed by atoms with van der Waals surface area (Å²) in [6.07, 6.45) is 0.691. The molecule has 0 saturated heterocycles. The van der Waals surface area contributed by atoms with E-state index in [1.54, 1.807) is 13.2 Å². The third-order valence-electron chi connectivity index (χ3n) is 3.96. The molecule has 0 heterocycles. The summed E-state index contributed by atoms with van der Waals surface area (Å²) in [5, 5.41) is 3.53. The predicted molar refractivity (Wildman–Crippen MR) is 104 cm³/mol. The fourth-order valence-electron chi connectivity index (χ4n) is 2.57. The van der Waals surface area contributed by atoms with Gasteiger partial charge in [0.05, 0.1) is 12.8 Å². The lowest BCUT2D eigenvalue weighted by Gasteiger charge is -2.23. The van der Waals surface area contributed by atoms with Gasteiger partial charge in [0.1, 0.15) is 12.3 Å². The van der Waals surface area contributed by atoms with Gasteiger partial charge in [-0.05, 0) is 48.7 Å². The van der Waals surface area contributed by atoms with E-state index in [-0.39, 0.29) is 18.4 Å². The molecule has 6 heteroatoms. The third kappa shape index (κ3) is 5.49. The van der Waals surface area contributed by atoms with Gasteiger partial charge < -0.3 is 10.1 Å². The SMILES string of the molecule is COc1ccc(C)cc1N(CC(=O)NCCc1ccc(Cl)cc1)C(C)=O. The van der Waals surface area contributed by atoms with E-state index < -0.39 is 0 Å². The summed E-state index contributed by atoms with van der Waals surface area (Å²) >= 11 is 5.86. The molecule has 0 radical (unpaired) electrons. The highest BCUT2D eigenvalue weighted by Crippen LogP contribution is 2.29. The molecule has 0 aromatic heterocycles. The molecule has 26 heavy (non-hydrogen) atoms. The Hall–Kier alpha value is -2.53. The quantitative estimate of drug-likeness (QED) is 0.808. The van der Waals surface area contributed by atoms with Crippen LogP contribution in [0.25, 0.3) is 0 Å². The van der Waals surface area contributed by atoms with Gasteiger partial charge in [-0.15, -0.1) is 0 Å². The molecule has 1 N–H and O–H groups in total. The van der Waals surface area contributed by atoms with Gasteiger partial charge in [0.2, 0.25) is 11.8 Å². The van der Waals surface area contributed by atoms with Crippen molar-refractivity contribution in [2.75, 3.05) is 25.1 Å². The summed E-state index contributed by atoms with van der Waals surface area (Å²) < 4.78 is 5.33. The van der Waals surface area contributed by atoms with Gasteiger partial charge in [-0.25, -0.2) is 0 Å². The second-order valence-corrected chi connectivity index (χ2v) is 6.44. The Balaban J connectivity index is 1.99. The van der Waals surface area contributed by atoms with Crippen molar-refractivity contribution in [3.63, 3.8) is 0 Å². The molecule has 0 spiro atoms. The number of rotatable bonds is 7. The van der Waals surface area contributed by atoms with Crippen molar-refractivity contribution < 1.29 is 14.3 Å². The Morgan fingerprint density at radius 2 is 1.85 bits per heavy atom. The Morgan fingerprint density at radius 3 is 2.46 bits per heavy atom. The van der Waals surface area contributed by atoms with Gasteiger partial charge in [-0.3, -0.25) is 14.5 Å². The van der Waals surface area contributed by atoms with Crippen LogP contribution in [0.3, 0.4) is 0 Å². The average molecular weight is 375 g/mol. The van der Waals surface area contributed by atoms with Crippen LogP contribution in [0.2, 0.25) is 5.02 Å². The molecule has 2 aromatic rings. The Bertz CT molecular complexity index is 775. The monoisotopic (exact) mass is 374 g/mol. The first-order chi connectivity index (χ1) is 12.4. The third-order valence-corrected chi connectivity index (χ3v) is 4.21. The minimum absolute atomic E-state index is 0.0598. The van der Waals surface area contributed by atoms with Crippen LogP contribution in [0, 0.1) is 6.92 Å². The van der Waals surface area contributed by atoms with Gasteiger partial charge >= 0.3 is 0 Å². The lowest BCUT2D eigenvalue weighted by Crippen LogP contribution is -2.40. The number of ether oxygens (including phenoxy) is 1. The number of amides is 2. The first-order valence-electron chi connectivity index (χ1n) is 8.34. The Kier molecular flexibility index (Phi) is 7.04. The molecule has 5 nitrogen and oxygen atoms in total. The molecule has 0 aliphatic heterocycles. The van der Waals surface area contributed by atoms with Crippen molar-refractivity contribution in [3.05, 3.63) is 58.6 Å². The van der Waals surface area contributed by atoms with Crippen LogP contribution in [0.4, 0.5) is 5.69 Å². The van der Waals surface area contributed by atoms with E-state index in [9.17, 15) is 9.59 Å². The van der Waals surface area contributed by atoms with Crippen LogP contribution < -0.4 is 15.0 Å². The van der Waals surface area contributed by atoms with E-state index in [1.807, 2.05) is 43.3 Å². The van der Waals surface area contributed by atoms with E-state index in [4.69, 9.17) is 16.3 Å². The van der Waals surface area contributed by atoms with E-state index in [0.717, 1.165) is 11.1 Å². The summed E-state index contributed by atoms with van der Waals surface area (Å²) in [4.78, 5) is 25.8. The van der Waals surface area contributed by atoms with E-state index in [0.29, 0.717) is 29.4 Å². The number of hydrogen-bond donors (Lipinski definition) is 1. The number of carbonyl (C=O) groups excluding carboxylic acids is 2. The molecule has 0 saturated carbocycles. The van der Waals surface area contributed by atoms with E-state index in [1.165, 1.54) is 11.8 Å². The normalized spacial score (nSPS) is 10.3. The minimum atomic E-state index is -0.224. The van der Waals surface area contributed by atoms with Crippen molar-refractivity contribution in [1.29, 1.82) is 0 Å². The number of methoxy groups -OCH3 is 1. The number of benzene rings is 2. The minimum Gasteiger partial charge on any atom is -0.495 e. The van der Waals surface area contributed by atoms with E-state index >= 15 is 0 Å². The highest BCUT2D eigenvalue weighted by molar-refractivity contribution is 6.30. The zero-order valence-electron chi connectivity index (χ0n) is 15.2. The van der Waals surface area contributed by atoms with Crippen LogP contribution in [0.15, 0.2) is 42.5 Å². The zero-order chi connectivity index (χ0) is 19.1. The lowest BCUT2D eigenvalue weighted by molar-refractivity contribution is -0.123. The summed E-state index contributed by atoms with van der Waals surface area (Å²) in [5.41, 5.74) is 2.65. The van der Waals surface area contributed by atoms with Crippen LogP contribution in [-0.2, 0) is 16.0 Å². The fourth-order valence-corrected chi connectivity index (χ4v) is 2.70. The molecule has 2 rings (SSSR count). The van der Waals surface area contributed by atoms with Gasteiger partial charge in [0, 0.05) is 18.5 Å². The van der Waals surface area contributed by atoms with Gasteiger partial charge in [0.25, 0.3) is 0 Å². The molecule has 0 unspecified atom stereocenters. The first kappa shape index (κ1) is 19.8. The smallest absolute Gasteiger partial charge is 0.240 e. The molecule has 0 atom stereocenters. The van der Waals surface area contributed by atoms with Crippen molar-refractivity contribution in [2.45, 2.75) is 20.3 Å². The highest BCUT2D eigenvalue weighted by atomic mass is 35.5. The molecule has 2 aromatic carbocycles. The topological polar surface area (TPSA) is 58.6 Å². The number of carbonyl (C=O) groups is 2. The maximum atomic E-state index is 12.3. The van der Waals surface area contributed by atoms with Crippen molar-refractivity contribution >= 4 is 29.1 Å². The van der Waals surface area contributed by atoms with Gasteiger partial charge in [-0.1, -0.05) is 29.8 Å². The zero-order valence-corrected chi connectivity index (χ0v) is 16.0. The highest BCUT2D eigenvalue weighted by Gasteiger charge is 2.19. The maximum absolute atomic E-state index is 12.3. The van der Waals surface area contributed by atoms with Crippen LogP contribution >= 0.6 is 11.6 Å². The average Bonchev–Trinajstić information content (AvgIpc) is 2.61. The maximum Gasteiger partial charge on any atom is 0.240 e. The van der Waals surface area contributed by atoms with E-state index in [2.05, 4.69) is 5.32 Å². The van der Waals surface area contributed by atoms with Crippen LogP contribution in [0.1, 0.15) is 18.1 Å². The number of hydrogen-bond acceptors (Lipinski definition) is 3. The standard InChI is InChI=1S/C20H23ClN2O3/c1-14-4-9-19(26-3)18(12-14)23(15(2)24)13-20(25)22-11-10-16-5-7-17(21)8-6-16/h4-9,12H,10-11,13H2,1-3H3,(H,22,25). The molecule has 0 aliphatic carbocycles. The van der Waals surface area contributed by atoms with Crippen LogP contribution in [0.5, 0.6) is 5.75 Å². The van der Waals surface area contributed by atoms with Gasteiger partial charge in [0.15, 0.2) is 0 Å². The van der Waals surface area contributed by atoms with Crippen LogP contribution in [-0.4, -0.2) is 32.0 Å². The number of anilines is 1. The predicted octanol–water partition coefficient (Wildman–Crippen LogP) is 3.37. The number of halogens is 1. The Labute approximate surface area is 158 Å². The molecule has 0 aliphatic rings.